The molecular weight excluding hydrogens is 232 g/mol. The molecule has 0 spiro atoms. The van der Waals surface area contributed by atoms with E-state index < -0.39 is 0 Å². The Morgan fingerprint density at radius 2 is 2.56 bits per heavy atom. The Morgan fingerprint density at radius 3 is 3.28 bits per heavy atom. The molecule has 1 aromatic heterocycles. The molecule has 1 aliphatic heterocycles. The molecule has 1 fully saturated rings. The number of rotatable bonds is 4. The van der Waals surface area contributed by atoms with Crippen molar-refractivity contribution in [2.45, 2.75) is 12.5 Å². The summed E-state index contributed by atoms with van der Waals surface area (Å²) in [6.07, 6.45) is 3.81. The summed E-state index contributed by atoms with van der Waals surface area (Å²) in [6, 6.07) is 3.78. The van der Waals surface area contributed by atoms with Gasteiger partial charge in [-0.2, -0.15) is 0 Å². The lowest BCUT2D eigenvalue weighted by Crippen LogP contribution is -2.51. The molecule has 0 N–H and O–H groups in total. The molecule has 98 valence electrons. The van der Waals surface area contributed by atoms with Gasteiger partial charge in [0.05, 0.1) is 32.3 Å². The number of amides is 1. The highest BCUT2D eigenvalue weighted by atomic mass is 16.5. The van der Waals surface area contributed by atoms with Gasteiger partial charge in [-0.15, -0.1) is 0 Å². The summed E-state index contributed by atoms with van der Waals surface area (Å²) in [5, 5.41) is 0. The van der Waals surface area contributed by atoms with E-state index in [2.05, 4.69) is 4.98 Å². The van der Waals surface area contributed by atoms with Gasteiger partial charge >= 0.3 is 0 Å². The second-order valence-corrected chi connectivity index (χ2v) is 4.31. The van der Waals surface area contributed by atoms with E-state index in [-0.39, 0.29) is 11.9 Å². The lowest BCUT2D eigenvalue weighted by Gasteiger charge is -2.35. The number of hydrogen-bond acceptors (Lipinski definition) is 4. The minimum absolute atomic E-state index is 0.0212. The summed E-state index contributed by atoms with van der Waals surface area (Å²) in [5.74, 6) is 0.105. The highest BCUT2D eigenvalue weighted by Gasteiger charge is 2.27. The molecule has 18 heavy (non-hydrogen) atoms. The fourth-order valence-corrected chi connectivity index (χ4v) is 2.09. The van der Waals surface area contributed by atoms with Crippen molar-refractivity contribution < 1.29 is 14.3 Å². The number of ether oxygens (including phenoxy) is 2. The van der Waals surface area contributed by atoms with Crippen molar-refractivity contribution in [1.82, 2.24) is 9.88 Å². The number of methoxy groups -OCH3 is 1. The van der Waals surface area contributed by atoms with Crippen molar-refractivity contribution in [2.75, 3.05) is 33.5 Å². The topological polar surface area (TPSA) is 51.7 Å². The van der Waals surface area contributed by atoms with Crippen LogP contribution in [0.5, 0.6) is 0 Å². The molecule has 1 aliphatic rings. The van der Waals surface area contributed by atoms with Gasteiger partial charge in [0, 0.05) is 26.0 Å². The van der Waals surface area contributed by atoms with Crippen LogP contribution in [0.3, 0.4) is 0 Å². The maximum Gasteiger partial charge on any atom is 0.227 e. The number of hydrogen-bond donors (Lipinski definition) is 0. The average molecular weight is 250 g/mol. The fraction of sp³-hybridized carbons (Fsp3) is 0.538. The van der Waals surface area contributed by atoms with Crippen LogP contribution in [0, 0.1) is 0 Å². The summed E-state index contributed by atoms with van der Waals surface area (Å²) >= 11 is 0. The Labute approximate surface area is 107 Å². The van der Waals surface area contributed by atoms with E-state index in [4.69, 9.17) is 9.47 Å². The highest BCUT2D eigenvalue weighted by molar-refractivity contribution is 5.79. The first-order valence-corrected chi connectivity index (χ1v) is 6.06. The molecular formula is C13H18N2O3. The third-order valence-electron chi connectivity index (χ3n) is 2.99. The van der Waals surface area contributed by atoms with Crippen molar-refractivity contribution in [3.63, 3.8) is 0 Å². The number of carbonyl (C=O) groups excluding carboxylic acids is 1. The molecule has 1 amide bonds. The van der Waals surface area contributed by atoms with E-state index in [1.54, 1.807) is 19.5 Å². The van der Waals surface area contributed by atoms with Crippen molar-refractivity contribution in [3.8, 4) is 0 Å². The summed E-state index contributed by atoms with van der Waals surface area (Å²) in [5.41, 5.74) is 0.935. The van der Waals surface area contributed by atoms with Crippen LogP contribution in [-0.4, -0.2) is 55.3 Å². The zero-order chi connectivity index (χ0) is 12.8. The zero-order valence-electron chi connectivity index (χ0n) is 10.5. The van der Waals surface area contributed by atoms with E-state index in [0.717, 1.165) is 5.56 Å². The molecule has 5 nitrogen and oxygen atoms in total. The molecule has 0 radical (unpaired) electrons. The first-order valence-electron chi connectivity index (χ1n) is 6.06. The van der Waals surface area contributed by atoms with Gasteiger partial charge in [0.15, 0.2) is 0 Å². The maximum atomic E-state index is 12.2. The molecule has 0 aromatic carbocycles. The molecule has 2 rings (SSSR count). The third kappa shape index (κ3) is 3.27. The second-order valence-electron chi connectivity index (χ2n) is 4.31. The smallest absolute Gasteiger partial charge is 0.227 e. The van der Waals surface area contributed by atoms with E-state index >= 15 is 0 Å². The standard InChI is InChI=1S/C13H18N2O3/c1-17-9-12-10-18-6-5-15(12)13(16)7-11-3-2-4-14-8-11/h2-4,8,12H,5-7,9-10H2,1H3. The highest BCUT2D eigenvalue weighted by Crippen LogP contribution is 2.10. The molecule has 1 unspecified atom stereocenters. The molecule has 1 atom stereocenters. The minimum Gasteiger partial charge on any atom is -0.382 e. The van der Waals surface area contributed by atoms with Crippen molar-refractivity contribution >= 4 is 5.91 Å². The number of aromatic nitrogens is 1. The van der Waals surface area contributed by atoms with E-state index in [1.807, 2.05) is 17.0 Å². The molecule has 0 saturated carbocycles. The Morgan fingerprint density at radius 1 is 1.67 bits per heavy atom. The average Bonchev–Trinajstić information content (AvgIpc) is 2.41. The quantitative estimate of drug-likeness (QED) is 0.780. The Balaban J connectivity index is 1.98. The number of carbonyl (C=O) groups is 1. The van der Waals surface area contributed by atoms with Crippen molar-refractivity contribution in [2.24, 2.45) is 0 Å². The van der Waals surface area contributed by atoms with Crippen LogP contribution in [0.2, 0.25) is 0 Å². The normalized spacial score (nSPS) is 19.8. The number of pyridine rings is 1. The Hall–Kier alpha value is -1.46. The Kier molecular flexibility index (Phi) is 4.66. The van der Waals surface area contributed by atoms with Gasteiger partial charge in [-0.25, -0.2) is 0 Å². The van der Waals surface area contributed by atoms with Gasteiger partial charge in [0.2, 0.25) is 5.91 Å². The molecule has 0 aliphatic carbocycles. The molecule has 5 heteroatoms. The largest absolute Gasteiger partial charge is 0.382 e. The first-order chi connectivity index (χ1) is 8.81. The molecule has 2 heterocycles. The van der Waals surface area contributed by atoms with Crippen LogP contribution in [0.4, 0.5) is 0 Å². The second kappa shape index (κ2) is 6.47. The third-order valence-corrected chi connectivity index (χ3v) is 2.99. The van der Waals surface area contributed by atoms with Crippen LogP contribution >= 0.6 is 0 Å². The SMILES string of the molecule is COCC1COCCN1C(=O)Cc1cccnc1. The predicted molar refractivity (Wildman–Crippen MR) is 66.1 cm³/mol. The van der Waals surface area contributed by atoms with Gasteiger partial charge in [-0.1, -0.05) is 6.07 Å². The summed E-state index contributed by atoms with van der Waals surface area (Å²) in [7, 11) is 1.64. The minimum atomic E-state index is 0.0212. The van der Waals surface area contributed by atoms with Crippen LogP contribution in [0.15, 0.2) is 24.5 Å². The van der Waals surface area contributed by atoms with E-state index in [0.29, 0.717) is 32.8 Å². The molecule has 1 aromatic rings. The van der Waals surface area contributed by atoms with Gasteiger partial charge in [0.1, 0.15) is 0 Å². The van der Waals surface area contributed by atoms with E-state index in [1.165, 1.54) is 0 Å². The maximum absolute atomic E-state index is 12.2. The van der Waals surface area contributed by atoms with Gasteiger partial charge < -0.3 is 14.4 Å². The summed E-state index contributed by atoms with van der Waals surface area (Å²) < 4.78 is 10.5. The molecule has 0 bridgehead atoms. The number of morpholine rings is 1. The predicted octanol–water partition coefficient (Wildman–Crippen LogP) is 0.498. The first kappa shape index (κ1) is 13.0. The van der Waals surface area contributed by atoms with Crippen LogP contribution in [-0.2, 0) is 20.7 Å². The number of nitrogens with zero attached hydrogens (tertiary/aromatic N) is 2. The van der Waals surface area contributed by atoms with Crippen LogP contribution in [0.1, 0.15) is 5.56 Å². The lowest BCUT2D eigenvalue weighted by molar-refractivity contribution is -0.141. The summed E-state index contributed by atoms with van der Waals surface area (Å²) in [4.78, 5) is 18.1. The zero-order valence-corrected chi connectivity index (χ0v) is 10.5. The van der Waals surface area contributed by atoms with Crippen LogP contribution in [0.25, 0.3) is 0 Å². The monoisotopic (exact) mass is 250 g/mol. The van der Waals surface area contributed by atoms with Gasteiger partial charge in [-0.3, -0.25) is 9.78 Å². The summed E-state index contributed by atoms with van der Waals surface area (Å²) in [6.45, 7) is 2.29. The lowest BCUT2D eigenvalue weighted by atomic mass is 10.1. The fourth-order valence-electron chi connectivity index (χ4n) is 2.09. The van der Waals surface area contributed by atoms with Crippen molar-refractivity contribution in [1.29, 1.82) is 0 Å². The Bertz CT molecular complexity index is 381. The van der Waals surface area contributed by atoms with E-state index in [9.17, 15) is 4.79 Å². The van der Waals surface area contributed by atoms with Gasteiger partial charge in [-0.05, 0) is 11.6 Å². The van der Waals surface area contributed by atoms with Gasteiger partial charge in [0.25, 0.3) is 0 Å². The van der Waals surface area contributed by atoms with Crippen LogP contribution < -0.4 is 0 Å². The molecule has 1 saturated heterocycles. The van der Waals surface area contributed by atoms with Crippen molar-refractivity contribution in [3.05, 3.63) is 30.1 Å².